The molecule has 0 atom stereocenters. The molecule has 0 aliphatic heterocycles. The minimum absolute atomic E-state index is 0.261. The van der Waals surface area contributed by atoms with Crippen molar-refractivity contribution in [3.63, 3.8) is 0 Å². The highest BCUT2D eigenvalue weighted by molar-refractivity contribution is 7.12. The largest absolute Gasteiger partial charge is 0.482 e. The summed E-state index contributed by atoms with van der Waals surface area (Å²) in [6.07, 6.45) is 1.49. The Bertz CT molecular complexity index is 636. The standard InChI is InChI=1S/C14H12N2O4S/c17-13(18)9-20-11-5-3-10(4-6-11)8-15-16-14(19)12-2-1-7-21-12/h1-8H,9H2,(H,16,19)(H,17,18). The molecule has 0 spiro atoms. The molecule has 0 saturated heterocycles. The van der Waals surface area contributed by atoms with Gasteiger partial charge in [-0.1, -0.05) is 6.07 Å². The van der Waals surface area contributed by atoms with Crippen molar-refractivity contribution in [3.8, 4) is 5.75 Å². The van der Waals surface area contributed by atoms with Gasteiger partial charge >= 0.3 is 5.97 Å². The van der Waals surface area contributed by atoms with Crippen molar-refractivity contribution in [1.82, 2.24) is 5.43 Å². The summed E-state index contributed by atoms with van der Waals surface area (Å²) >= 11 is 1.34. The van der Waals surface area contributed by atoms with E-state index in [4.69, 9.17) is 9.84 Å². The number of hydrazone groups is 1. The van der Waals surface area contributed by atoms with Crippen LogP contribution in [0.1, 0.15) is 15.2 Å². The van der Waals surface area contributed by atoms with Gasteiger partial charge in [0.15, 0.2) is 6.61 Å². The fourth-order valence-corrected chi connectivity index (χ4v) is 2.04. The van der Waals surface area contributed by atoms with Crippen LogP contribution < -0.4 is 10.2 Å². The molecule has 7 heteroatoms. The second-order valence-electron chi connectivity index (χ2n) is 3.93. The number of carboxylic acids is 1. The van der Waals surface area contributed by atoms with E-state index in [1.54, 1.807) is 36.4 Å². The lowest BCUT2D eigenvalue weighted by atomic mass is 10.2. The zero-order valence-electron chi connectivity index (χ0n) is 10.9. The Labute approximate surface area is 124 Å². The van der Waals surface area contributed by atoms with Gasteiger partial charge in [0.2, 0.25) is 0 Å². The van der Waals surface area contributed by atoms with E-state index in [1.165, 1.54) is 17.6 Å². The molecule has 1 amide bonds. The van der Waals surface area contributed by atoms with Crippen molar-refractivity contribution in [1.29, 1.82) is 0 Å². The van der Waals surface area contributed by atoms with Crippen LogP contribution >= 0.6 is 11.3 Å². The van der Waals surface area contributed by atoms with Crippen molar-refractivity contribution < 1.29 is 19.4 Å². The van der Waals surface area contributed by atoms with Crippen LogP contribution in [0.15, 0.2) is 46.9 Å². The predicted molar refractivity (Wildman–Crippen MR) is 79.0 cm³/mol. The molecule has 0 bridgehead atoms. The number of rotatable bonds is 6. The van der Waals surface area contributed by atoms with Crippen LogP contribution in [0.5, 0.6) is 5.75 Å². The van der Waals surface area contributed by atoms with Crippen molar-refractivity contribution in [3.05, 3.63) is 52.2 Å². The van der Waals surface area contributed by atoms with E-state index in [1.807, 2.05) is 5.38 Å². The van der Waals surface area contributed by atoms with Gasteiger partial charge in [-0.05, 0) is 41.3 Å². The lowest BCUT2D eigenvalue weighted by molar-refractivity contribution is -0.139. The number of thiophene rings is 1. The van der Waals surface area contributed by atoms with Crippen LogP contribution in [0, 0.1) is 0 Å². The van der Waals surface area contributed by atoms with E-state index >= 15 is 0 Å². The molecule has 0 saturated carbocycles. The molecule has 1 aromatic heterocycles. The van der Waals surface area contributed by atoms with Gasteiger partial charge in [-0.2, -0.15) is 5.10 Å². The number of nitrogens with zero attached hydrogens (tertiary/aromatic N) is 1. The predicted octanol–water partition coefficient (Wildman–Crippen LogP) is 1.98. The van der Waals surface area contributed by atoms with Crippen LogP contribution in [0.2, 0.25) is 0 Å². The summed E-state index contributed by atoms with van der Waals surface area (Å²) < 4.78 is 5.00. The monoisotopic (exact) mass is 304 g/mol. The number of benzene rings is 1. The second-order valence-corrected chi connectivity index (χ2v) is 4.88. The Morgan fingerprint density at radius 3 is 2.67 bits per heavy atom. The third-order valence-electron chi connectivity index (χ3n) is 2.37. The molecule has 6 nitrogen and oxygen atoms in total. The second kappa shape index (κ2) is 7.20. The van der Waals surface area contributed by atoms with E-state index < -0.39 is 5.97 Å². The summed E-state index contributed by atoms with van der Waals surface area (Å²) in [6, 6.07) is 10.2. The van der Waals surface area contributed by atoms with Gasteiger partial charge in [0.1, 0.15) is 5.75 Å². The highest BCUT2D eigenvalue weighted by Gasteiger charge is 2.03. The molecule has 108 valence electrons. The number of ether oxygens (including phenoxy) is 1. The number of carbonyl (C=O) groups is 2. The zero-order valence-corrected chi connectivity index (χ0v) is 11.7. The summed E-state index contributed by atoms with van der Waals surface area (Å²) in [5.41, 5.74) is 3.17. The first-order valence-corrected chi connectivity index (χ1v) is 6.84. The fraction of sp³-hybridized carbons (Fsp3) is 0.0714. The molecule has 1 heterocycles. The number of hydrogen-bond acceptors (Lipinski definition) is 5. The SMILES string of the molecule is O=C(O)COc1ccc(C=NNC(=O)c2cccs2)cc1. The van der Waals surface area contributed by atoms with Gasteiger partial charge in [0, 0.05) is 0 Å². The van der Waals surface area contributed by atoms with E-state index in [-0.39, 0.29) is 12.5 Å². The Morgan fingerprint density at radius 2 is 2.05 bits per heavy atom. The third kappa shape index (κ3) is 4.73. The molecule has 0 aliphatic rings. The molecular weight excluding hydrogens is 292 g/mol. The van der Waals surface area contributed by atoms with Crippen LogP contribution in [0.25, 0.3) is 0 Å². The zero-order chi connectivity index (χ0) is 15.1. The Morgan fingerprint density at radius 1 is 1.29 bits per heavy atom. The van der Waals surface area contributed by atoms with Crippen LogP contribution in [0.4, 0.5) is 0 Å². The minimum atomic E-state index is -1.03. The summed E-state index contributed by atoms with van der Waals surface area (Å²) in [7, 11) is 0. The number of nitrogens with one attached hydrogen (secondary N) is 1. The number of carboxylic acid groups (broad SMARTS) is 1. The Hall–Kier alpha value is -2.67. The lowest BCUT2D eigenvalue weighted by Gasteiger charge is -2.02. The maximum absolute atomic E-state index is 11.6. The lowest BCUT2D eigenvalue weighted by Crippen LogP contribution is -2.16. The maximum atomic E-state index is 11.6. The highest BCUT2D eigenvalue weighted by Crippen LogP contribution is 2.11. The summed E-state index contributed by atoms with van der Waals surface area (Å²) in [5.74, 6) is -0.836. The first-order chi connectivity index (χ1) is 10.1. The molecule has 0 unspecified atom stereocenters. The number of amides is 1. The van der Waals surface area contributed by atoms with E-state index in [0.717, 1.165) is 5.56 Å². The maximum Gasteiger partial charge on any atom is 0.341 e. The molecular formula is C14H12N2O4S. The van der Waals surface area contributed by atoms with E-state index in [0.29, 0.717) is 10.6 Å². The Kier molecular flexibility index (Phi) is 5.05. The molecule has 0 aliphatic carbocycles. The molecule has 0 fully saturated rings. The summed E-state index contributed by atoms with van der Waals surface area (Å²) in [6.45, 7) is -0.385. The number of carbonyl (C=O) groups excluding carboxylic acids is 1. The van der Waals surface area contributed by atoms with Gasteiger partial charge in [-0.15, -0.1) is 11.3 Å². The summed E-state index contributed by atoms with van der Waals surface area (Å²) in [4.78, 5) is 22.6. The summed E-state index contributed by atoms with van der Waals surface area (Å²) in [5, 5.41) is 14.2. The highest BCUT2D eigenvalue weighted by atomic mass is 32.1. The van der Waals surface area contributed by atoms with Gasteiger partial charge in [0.05, 0.1) is 11.1 Å². The smallest absolute Gasteiger partial charge is 0.341 e. The first kappa shape index (κ1) is 14.7. The molecule has 2 rings (SSSR count). The molecule has 1 aromatic carbocycles. The fourth-order valence-electron chi connectivity index (χ4n) is 1.42. The van der Waals surface area contributed by atoms with Gasteiger partial charge in [-0.3, -0.25) is 4.79 Å². The van der Waals surface area contributed by atoms with Crippen molar-refractivity contribution in [2.75, 3.05) is 6.61 Å². The Balaban J connectivity index is 1.86. The third-order valence-corrected chi connectivity index (χ3v) is 3.24. The minimum Gasteiger partial charge on any atom is -0.482 e. The van der Waals surface area contributed by atoms with Gasteiger partial charge < -0.3 is 9.84 Å². The van der Waals surface area contributed by atoms with Crippen LogP contribution in [-0.4, -0.2) is 29.8 Å². The number of aliphatic carboxylic acids is 1. The first-order valence-electron chi connectivity index (χ1n) is 5.97. The topological polar surface area (TPSA) is 88.0 Å². The molecule has 21 heavy (non-hydrogen) atoms. The average molecular weight is 304 g/mol. The normalized spacial score (nSPS) is 10.5. The molecule has 2 aromatic rings. The van der Waals surface area contributed by atoms with E-state index in [2.05, 4.69) is 10.5 Å². The quantitative estimate of drug-likeness (QED) is 0.631. The van der Waals surface area contributed by atoms with Gasteiger partial charge in [0.25, 0.3) is 5.91 Å². The molecule has 2 N–H and O–H groups in total. The van der Waals surface area contributed by atoms with Crippen molar-refractivity contribution >= 4 is 29.4 Å². The number of hydrogen-bond donors (Lipinski definition) is 2. The average Bonchev–Trinajstić information content (AvgIpc) is 3.00. The van der Waals surface area contributed by atoms with Gasteiger partial charge in [-0.25, -0.2) is 10.2 Å². The molecule has 0 radical (unpaired) electrons. The van der Waals surface area contributed by atoms with E-state index in [9.17, 15) is 9.59 Å². The van der Waals surface area contributed by atoms with Crippen LogP contribution in [-0.2, 0) is 4.79 Å². The van der Waals surface area contributed by atoms with Crippen molar-refractivity contribution in [2.24, 2.45) is 5.10 Å². The van der Waals surface area contributed by atoms with Crippen molar-refractivity contribution in [2.45, 2.75) is 0 Å². The van der Waals surface area contributed by atoms with Crippen LogP contribution in [0.3, 0.4) is 0 Å².